The molecule has 4 rings (SSSR count). The highest BCUT2D eigenvalue weighted by Crippen LogP contribution is 2.21. The molecular formula is C20H20N4O5. The van der Waals surface area contributed by atoms with Crippen molar-refractivity contribution in [3.05, 3.63) is 54.7 Å². The van der Waals surface area contributed by atoms with E-state index in [1.165, 1.54) is 12.6 Å². The summed E-state index contributed by atoms with van der Waals surface area (Å²) in [4.78, 5) is 34.4. The lowest BCUT2D eigenvalue weighted by Gasteiger charge is -2.32. The molecule has 9 heteroatoms. The number of nitrogens with one attached hydrogen (secondary N) is 1. The minimum atomic E-state index is -0.424. The van der Waals surface area contributed by atoms with Gasteiger partial charge in [0.25, 0.3) is 5.91 Å². The lowest BCUT2D eigenvalue weighted by molar-refractivity contribution is -0.138. The van der Waals surface area contributed by atoms with Gasteiger partial charge in [-0.1, -0.05) is 12.1 Å². The van der Waals surface area contributed by atoms with E-state index in [-0.39, 0.29) is 30.9 Å². The SMILES string of the molecule is O=C(NCC(=O)N1CCOC(COc2ncnc3ccccc23)C1)c1ccco1. The summed E-state index contributed by atoms with van der Waals surface area (Å²) in [5.41, 5.74) is 0.797. The van der Waals surface area contributed by atoms with Crippen LogP contribution in [0, 0.1) is 0 Å². The predicted octanol–water partition coefficient (Wildman–Crippen LogP) is 1.26. The summed E-state index contributed by atoms with van der Waals surface area (Å²) in [6.45, 7) is 1.38. The zero-order valence-electron chi connectivity index (χ0n) is 15.6. The monoisotopic (exact) mass is 396 g/mol. The molecule has 1 aliphatic heterocycles. The molecule has 0 spiro atoms. The molecule has 3 aromatic rings. The van der Waals surface area contributed by atoms with Crippen LogP contribution in [0.1, 0.15) is 10.6 Å². The van der Waals surface area contributed by atoms with Gasteiger partial charge < -0.3 is 24.1 Å². The van der Waals surface area contributed by atoms with E-state index in [1.807, 2.05) is 24.3 Å². The van der Waals surface area contributed by atoms with Crippen molar-refractivity contribution >= 4 is 22.7 Å². The van der Waals surface area contributed by atoms with Crippen molar-refractivity contribution in [1.29, 1.82) is 0 Å². The predicted molar refractivity (Wildman–Crippen MR) is 102 cm³/mol. The highest BCUT2D eigenvalue weighted by molar-refractivity contribution is 5.94. The summed E-state index contributed by atoms with van der Waals surface area (Å²) in [5, 5.41) is 3.38. The summed E-state index contributed by atoms with van der Waals surface area (Å²) in [6.07, 6.45) is 2.57. The van der Waals surface area contributed by atoms with Gasteiger partial charge in [0, 0.05) is 6.54 Å². The van der Waals surface area contributed by atoms with Gasteiger partial charge >= 0.3 is 0 Å². The van der Waals surface area contributed by atoms with E-state index in [4.69, 9.17) is 13.9 Å². The molecule has 1 N–H and O–H groups in total. The van der Waals surface area contributed by atoms with E-state index in [0.717, 1.165) is 10.9 Å². The molecule has 1 saturated heterocycles. The number of ether oxygens (including phenoxy) is 2. The van der Waals surface area contributed by atoms with Crippen molar-refractivity contribution in [2.24, 2.45) is 0 Å². The van der Waals surface area contributed by atoms with Crippen LogP contribution >= 0.6 is 0 Å². The van der Waals surface area contributed by atoms with E-state index in [0.29, 0.717) is 25.6 Å². The van der Waals surface area contributed by atoms with Crippen LogP contribution in [0.5, 0.6) is 5.88 Å². The average Bonchev–Trinajstić information content (AvgIpc) is 3.31. The first kappa shape index (κ1) is 18.9. The molecule has 1 unspecified atom stereocenters. The zero-order chi connectivity index (χ0) is 20.1. The second-order valence-corrected chi connectivity index (χ2v) is 6.50. The fourth-order valence-corrected chi connectivity index (χ4v) is 3.08. The van der Waals surface area contributed by atoms with Crippen LogP contribution in [-0.2, 0) is 9.53 Å². The summed E-state index contributed by atoms with van der Waals surface area (Å²) in [6, 6.07) is 10.7. The molecule has 0 bridgehead atoms. The number of aromatic nitrogens is 2. The smallest absolute Gasteiger partial charge is 0.287 e. The van der Waals surface area contributed by atoms with Gasteiger partial charge in [-0.2, -0.15) is 0 Å². The largest absolute Gasteiger partial charge is 0.474 e. The maximum Gasteiger partial charge on any atom is 0.287 e. The fraction of sp³-hybridized carbons (Fsp3) is 0.300. The standard InChI is InChI=1S/C20H20N4O5/c25-18(10-21-19(26)17-6-3-8-28-17)24-7-9-27-14(11-24)12-29-20-15-4-1-2-5-16(15)22-13-23-20/h1-6,8,13-14H,7,9-12H2,(H,21,26). The third kappa shape index (κ3) is 4.52. The van der Waals surface area contributed by atoms with E-state index >= 15 is 0 Å². The summed E-state index contributed by atoms with van der Waals surface area (Å²) in [5.74, 6) is 0.0364. The van der Waals surface area contributed by atoms with E-state index in [2.05, 4.69) is 15.3 Å². The first-order valence-electron chi connectivity index (χ1n) is 9.24. The van der Waals surface area contributed by atoms with Gasteiger partial charge in [0.05, 0.1) is 36.9 Å². The Morgan fingerprint density at radius 3 is 2.97 bits per heavy atom. The molecular weight excluding hydrogens is 376 g/mol. The summed E-state index contributed by atoms with van der Waals surface area (Å²) < 4.78 is 16.6. The van der Waals surface area contributed by atoms with Crippen LogP contribution < -0.4 is 10.1 Å². The van der Waals surface area contributed by atoms with Crippen molar-refractivity contribution in [1.82, 2.24) is 20.2 Å². The van der Waals surface area contributed by atoms with Crippen molar-refractivity contribution in [3.63, 3.8) is 0 Å². The van der Waals surface area contributed by atoms with Crippen LogP contribution in [0.4, 0.5) is 0 Å². The highest BCUT2D eigenvalue weighted by Gasteiger charge is 2.25. The number of nitrogens with zero attached hydrogens (tertiary/aromatic N) is 3. The van der Waals surface area contributed by atoms with Crippen molar-refractivity contribution < 1.29 is 23.5 Å². The minimum Gasteiger partial charge on any atom is -0.474 e. The van der Waals surface area contributed by atoms with Gasteiger partial charge in [-0.05, 0) is 24.3 Å². The molecule has 3 heterocycles. The second-order valence-electron chi connectivity index (χ2n) is 6.50. The number of amides is 2. The number of carbonyl (C=O) groups is 2. The van der Waals surface area contributed by atoms with E-state index in [1.54, 1.807) is 17.0 Å². The Kier molecular flexibility index (Phi) is 5.66. The molecule has 0 radical (unpaired) electrons. The Hall–Kier alpha value is -3.46. The van der Waals surface area contributed by atoms with Crippen LogP contribution in [0.25, 0.3) is 10.9 Å². The number of fused-ring (bicyclic) bond motifs is 1. The molecule has 2 aromatic heterocycles. The Labute approximate surface area is 166 Å². The normalized spacial score (nSPS) is 16.6. The third-order valence-electron chi connectivity index (χ3n) is 4.55. The Balaban J connectivity index is 1.30. The van der Waals surface area contributed by atoms with Crippen LogP contribution in [0.15, 0.2) is 53.4 Å². The van der Waals surface area contributed by atoms with Crippen molar-refractivity contribution in [2.75, 3.05) is 32.8 Å². The molecule has 1 atom stereocenters. The van der Waals surface area contributed by atoms with Gasteiger partial charge in [0.2, 0.25) is 11.8 Å². The molecule has 29 heavy (non-hydrogen) atoms. The molecule has 1 aliphatic rings. The minimum absolute atomic E-state index is 0.107. The Morgan fingerprint density at radius 1 is 1.21 bits per heavy atom. The van der Waals surface area contributed by atoms with Crippen LogP contribution in [-0.4, -0.2) is 65.6 Å². The zero-order valence-corrected chi connectivity index (χ0v) is 15.6. The summed E-state index contributed by atoms with van der Waals surface area (Å²) in [7, 11) is 0. The van der Waals surface area contributed by atoms with E-state index < -0.39 is 5.91 Å². The first-order chi connectivity index (χ1) is 14.2. The van der Waals surface area contributed by atoms with Gasteiger partial charge in [-0.3, -0.25) is 9.59 Å². The molecule has 1 aromatic carbocycles. The number of morpholine rings is 1. The maximum absolute atomic E-state index is 12.4. The summed E-state index contributed by atoms with van der Waals surface area (Å²) >= 11 is 0. The lowest BCUT2D eigenvalue weighted by Crippen LogP contribution is -2.50. The maximum atomic E-state index is 12.4. The van der Waals surface area contributed by atoms with Crippen molar-refractivity contribution in [2.45, 2.75) is 6.10 Å². The second kappa shape index (κ2) is 8.70. The molecule has 150 valence electrons. The molecule has 1 fully saturated rings. The Bertz CT molecular complexity index is 986. The first-order valence-corrected chi connectivity index (χ1v) is 9.24. The number of hydrogen-bond donors (Lipinski definition) is 1. The molecule has 9 nitrogen and oxygen atoms in total. The number of hydrogen-bond acceptors (Lipinski definition) is 7. The molecule has 0 aliphatic carbocycles. The van der Waals surface area contributed by atoms with Gasteiger partial charge in [0.15, 0.2) is 5.76 Å². The average molecular weight is 396 g/mol. The topological polar surface area (TPSA) is 107 Å². The van der Waals surface area contributed by atoms with Gasteiger partial charge in [-0.15, -0.1) is 0 Å². The van der Waals surface area contributed by atoms with Gasteiger partial charge in [-0.25, -0.2) is 9.97 Å². The third-order valence-corrected chi connectivity index (χ3v) is 4.55. The molecule has 0 saturated carbocycles. The van der Waals surface area contributed by atoms with Crippen LogP contribution in [0.3, 0.4) is 0 Å². The van der Waals surface area contributed by atoms with Gasteiger partial charge in [0.1, 0.15) is 19.0 Å². The number of furan rings is 1. The fourth-order valence-electron chi connectivity index (χ4n) is 3.08. The number of benzene rings is 1. The van der Waals surface area contributed by atoms with Crippen molar-refractivity contribution in [3.8, 4) is 5.88 Å². The van der Waals surface area contributed by atoms with Crippen LogP contribution in [0.2, 0.25) is 0 Å². The van der Waals surface area contributed by atoms with E-state index in [9.17, 15) is 9.59 Å². The number of rotatable bonds is 6. The lowest BCUT2D eigenvalue weighted by atomic mass is 10.2. The number of para-hydroxylation sites is 1. The Morgan fingerprint density at radius 2 is 2.10 bits per heavy atom. The highest BCUT2D eigenvalue weighted by atomic mass is 16.5. The quantitative estimate of drug-likeness (QED) is 0.668. The number of carbonyl (C=O) groups excluding carboxylic acids is 2. The molecule has 2 amide bonds.